The van der Waals surface area contributed by atoms with Gasteiger partial charge < -0.3 is 0 Å². The molecule has 4 rings (SSSR count). The molecule has 0 amide bonds. The first-order valence-corrected chi connectivity index (χ1v) is 7.60. The van der Waals surface area contributed by atoms with E-state index in [1.54, 1.807) is 22.9 Å². The second kappa shape index (κ2) is 5.52. The Hall–Kier alpha value is -2.65. The number of halogens is 2. The summed E-state index contributed by atoms with van der Waals surface area (Å²) < 4.78 is 16.2. The number of nitrogens with zero attached hydrogens (tertiary/aromatic N) is 2. The Morgan fingerprint density at radius 1 is 0.870 bits per heavy atom. The van der Waals surface area contributed by atoms with Gasteiger partial charge in [0.05, 0.1) is 16.9 Å². The minimum Gasteiger partial charge on any atom is -0.232 e. The van der Waals surface area contributed by atoms with Crippen LogP contribution in [-0.2, 0) is 0 Å². The number of hydrogen-bond donors (Lipinski definition) is 0. The second-order valence-corrected chi connectivity index (χ2v) is 5.67. The molecule has 0 aliphatic carbocycles. The Morgan fingerprint density at radius 3 is 2.39 bits per heavy atom. The zero-order valence-electron chi connectivity index (χ0n) is 12.1. The topological polar surface area (TPSA) is 17.8 Å². The van der Waals surface area contributed by atoms with Gasteiger partial charge in [-0.1, -0.05) is 41.9 Å². The maximum Gasteiger partial charge on any atom is 0.132 e. The van der Waals surface area contributed by atoms with Gasteiger partial charge in [-0.3, -0.25) is 0 Å². The number of benzene rings is 3. The molecule has 1 aromatic heterocycles. The van der Waals surface area contributed by atoms with Gasteiger partial charge in [0.1, 0.15) is 5.82 Å². The summed E-state index contributed by atoms with van der Waals surface area (Å²) in [5.74, 6) is -0.286. The molecule has 0 radical (unpaired) electrons. The molecule has 4 heteroatoms. The molecule has 0 saturated heterocycles. The molecule has 4 aromatic rings. The first-order chi connectivity index (χ1) is 11.2. The van der Waals surface area contributed by atoms with Crippen molar-refractivity contribution >= 4 is 22.5 Å². The van der Waals surface area contributed by atoms with Gasteiger partial charge in [-0.25, -0.2) is 9.07 Å². The quantitative estimate of drug-likeness (QED) is 0.477. The molecule has 0 unspecified atom stereocenters. The molecule has 0 atom stereocenters. The van der Waals surface area contributed by atoms with Crippen LogP contribution in [-0.4, -0.2) is 9.78 Å². The lowest BCUT2D eigenvalue weighted by molar-refractivity contribution is 0.630. The fourth-order valence-corrected chi connectivity index (χ4v) is 2.90. The van der Waals surface area contributed by atoms with Crippen molar-refractivity contribution in [3.63, 3.8) is 0 Å². The van der Waals surface area contributed by atoms with Gasteiger partial charge in [-0.2, -0.15) is 5.10 Å². The van der Waals surface area contributed by atoms with Crippen molar-refractivity contribution in [2.45, 2.75) is 0 Å². The number of hydrogen-bond acceptors (Lipinski definition) is 1. The molecule has 3 aromatic carbocycles. The molecule has 0 bridgehead atoms. The van der Waals surface area contributed by atoms with Crippen LogP contribution in [0.3, 0.4) is 0 Å². The minimum atomic E-state index is -0.286. The van der Waals surface area contributed by atoms with Crippen LogP contribution in [0.5, 0.6) is 0 Å². The van der Waals surface area contributed by atoms with Crippen molar-refractivity contribution < 1.29 is 4.39 Å². The Balaban J connectivity index is 2.11. The Labute approximate surface area is 137 Å². The predicted molar refractivity (Wildman–Crippen MR) is 91.5 cm³/mol. The number of rotatable bonds is 2. The van der Waals surface area contributed by atoms with Crippen molar-refractivity contribution in [1.82, 2.24) is 9.78 Å². The van der Waals surface area contributed by atoms with Gasteiger partial charge in [-0.15, -0.1) is 0 Å². The zero-order valence-corrected chi connectivity index (χ0v) is 12.8. The van der Waals surface area contributed by atoms with Gasteiger partial charge >= 0.3 is 0 Å². The van der Waals surface area contributed by atoms with E-state index in [0.29, 0.717) is 16.3 Å². The van der Waals surface area contributed by atoms with Gasteiger partial charge in [0.25, 0.3) is 0 Å². The van der Waals surface area contributed by atoms with Crippen molar-refractivity contribution in [2.24, 2.45) is 0 Å². The highest BCUT2D eigenvalue weighted by Crippen LogP contribution is 2.34. The fraction of sp³-hybridized carbons (Fsp3) is 0. The molecule has 112 valence electrons. The van der Waals surface area contributed by atoms with Crippen LogP contribution in [0.4, 0.5) is 4.39 Å². The largest absolute Gasteiger partial charge is 0.232 e. The number of aromatic nitrogens is 2. The van der Waals surface area contributed by atoms with Crippen molar-refractivity contribution in [3.8, 4) is 16.9 Å². The molecular formula is C19H12ClFN2. The van der Waals surface area contributed by atoms with Crippen LogP contribution >= 0.6 is 11.6 Å². The zero-order chi connectivity index (χ0) is 15.8. The summed E-state index contributed by atoms with van der Waals surface area (Å²) >= 11 is 6.14. The van der Waals surface area contributed by atoms with E-state index in [0.717, 1.165) is 16.6 Å². The maximum absolute atomic E-state index is 14.4. The molecule has 0 aliphatic heterocycles. The third-order valence-electron chi connectivity index (χ3n) is 3.76. The predicted octanol–water partition coefficient (Wildman–Crippen LogP) is 5.49. The van der Waals surface area contributed by atoms with Crippen molar-refractivity contribution in [3.05, 3.63) is 83.6 Å². The Kier molecular flexibility index (Phi) is 3.36. The third kappa shape index (κ3) is 2.39. The van der Waals surface area contributed by atoms with Gasteiger partial charge in [0.15, 0.2) is 0 Å². The van der Waals surface area contributed by atoms with Crippen LogP contribution in [0.2, 0.25) is 5.02 Å². The summed E-state index contributed by atoms with van der Waals surface area (Å²) in [6.07, 6.45) is 0. The highest BCUT2D eigenvalue weighted by molar-refractivity contribution is 6.31. The van der Waals surface area contributed by atoms with Crippen LogP contribution in [0.25, 0.3) is 27.8 Å². The molecule has 2 nitrogen and oxygen atoms in total. The summed E-state index contributed by atoms with van der Waals surface area (Å²) in [6.45, 7) is 0. The normalized spacial score (nSPS) is 11.0. The van der Waals surface area contributed by atoms with E-state index in [9.17, 15) is 4.39 Å². The molecule has 0 N–H and O–H groups in total. The monoisotopic (exact) mass is 322 g/mol. The molecule has 0 spiro atoms. The Bertz CT molecular complexity index is 993. The number of para-hydroxylation sites is 1. The standard InChI is InChI=1S/C19H12ClFN2/c20-13-10-11-18-16(12-13)19(15-8-4-5-9-17(15)21)23(22-18)14-6-2-1-3-7-14/h1-12H. The summed E-state index contributed by atoms with van der Waals surface area (Å²) in [6, 6.07) is 21.8. The van der Waals surface area contributed by atoms with E-state index in [1.165, 1.54) is 6.07 Å². The first-order valence-electron chi connectivity index (χ1n) is 7.22. The molecular weight excluding hydrogens is 311 g/mol. The van der Waals surface area contributed by atoms with E-state index in [4.69, 9.17) is 11.6 Å². The fourth-order valence-electron chi connectivity index (χ4n) is 2.73. The minimum absolute atomic E-state index is 0.286. The highest BCUT2D eigenvalue weighted by atomic mass is 35.5. The lowest BCUT2D eigenvalue weighted by atomic mass is 10.1. The average molecular weight is 323 g/mol. The van der Waals surface area contributed by atoms with E-state index in [-0.39, 0.29) is 5.82 Å². The summed E-state index contributed by atoms with van der Waals surface area (Å²) in [7, 11) is 0. The SMILES string of the molecule is Fc1ccccc1-c1c2cc(Cl)ccc2nn1-c1ccccc1. The lowest BCUT2D eigenvalue weighted by Crippen LogP contribution is -1.99. The summed E-state index contributed by atoms with van der Waals surface area (Å²) in [4.78, 5) is 0. The first kappa shape index (κ1) is 14.0. The highest BCUT2D eigenvalue weighted by Gasteiger charge is 2.17. The number of fused-ring (bicyclic) bond motifs is 1. The van der Waals surface area contributed by atoms with Crippen LogP contribution in [0.15, 0.2) is 72.8 Å². The molecule has 0 fully saturated rings. The van der Waals surface area contributed by atoms with Crippen LogP contribution in [0, 0.1) is 5.82 Å². The molecule has 0 aliphatic rings. The van der Waals surface area contributed by atoms with E-state index in [1.807, 2.05) is 48.5 Å². The third-order valence-corrected chi connectivity index (χ3v) is 4.00. The van der Waals surface area contributed by atoms with E-state index >= 15 is 0 Å². The Morgan fingerprint density at radius 2 is 1.61 bits per heavy atom. The average Bonchev–Trinajstić information content (AvgIpc) is 2.94. The molecule has 1 heterocycles. The van der Waals surface area contributed by atoms with E-state index in [2.05, 4.69) is 5.10 Å². The van der Waals surface area contributed by atoms with Gasteiger partial charge in [0.2, 0.25) is 0 Å². The summed E-state index contributed by atoms with van der Waals surface area (Å²) in [5.41, 5.74) is 2.85. The smallest absolute Gasteiger partial charge is 0.132 e. The maximum atomic E-state index is 14.4. The lowest BCUT2D eigenvalue weighted by Gasteiger charge is -2.09. The molecule has 0 saturated carbocycles. The van der Waals surface area contributed by atoms with Crippen molar-refractivity contribution in [1.29, 1.82) is 0 Å². The second-order valence-electron chi connectivity index (χ2n) is 5.24. The van der Waals surface area contributed by atoms with Crippen LogP contribution in [0.1, 0.15) is 0 Å². The summed E-state index contributed by atoms with van der Waals surface area (Å²) in [5, 5.41) is 6.06. The molecule has 23 heavy (non-hydrogen) atoms. The van der Waals surface area contributed by atoms with Crippen molar-refractivity contribution in [2.75, 3.05) is 0 Å². The van der Waals surface area contributed by atoms with Gasteiger partial charge in [-0.05, 0) is 42.5 Å². The van der Waals surface area contributed by atoms with E-state index < -0.39 is 0 Å². The van der Waals surface area contributed by atoms with Gasteiger partial charge in [0, 0.05) is 16.0 Å². The van der Waals surface area contributed by atoms with Crippen LogP contribution < -0.4 is 0 Å².